The number of hydrogen-bond donors (Lipinski definition) is 2. The Bertz CT molecular complexity index is 479. The number of phenolic OH excluding ortho intramolecular Hbond substituents is 1. The third-order valence-electron chi connectivity index (χ3n) is 2.94. The Balaban J connectivity index is 1.86. The van der Waals surface area contributed by atoms with Crippen LogP contribution in [0.25, 0.3) is 0 Å². The van der Waals surface area contributed by atoms with Crippen LogP contribution in [0.1, 0.15) is 23.2 Å². The molecule has 18 heavy (non-hydrogen) atoms. The molecule has 1 aromatic carbocycles. The Kier molecular flexibility index (Phi) is 3.43. The fourth-order valence-corrected chi connectivity index (χ4v) is 1.90. The minimum absolute atomic E-state index is 0.0463. The van der Waals surface area contributed by atoms with Crippen molar-refractivity contribution in [3.05, 3.63) is 28.8 Å². The number of benzene rings is 1. The molecule has 0 heterocycles. The molecule has 3 nitrogen and oxygen atoms in total. The van der Waals surface area contributed by atoms with Gasteiger partial charge >= 0.3 is 0 Å². The van der Waals surface area contributed by atoms with Crippen LogP contribution >= 0.6 is 11.6 Å². The van der Waals surface area contributed by atoms with Gasteiger partial charge in [-0.25, -0.2) is 8.78 Å². The maximum absolute atomic E-state index is 12.6. The van der Waals surface area contributed by atoms with E-state index in [-0.39, 0.29) is 30.7 Å². The maximum Gasteiger partial charge on any atom is 0.255 e. The Morgan fingerprint density at radius 3 is 2.83 bits per heavy atom. The van der Waals surface area contributed by atoms with E-state index in [4.69, 9.17) is 11.6 Å². The molecular weight excluding hydrogens is 264 g/mol. The quantitative estimate of drug-likeness (QED) is 0.888. The highest BCUT2D eigenvalue weighted by atomic mass is 35.5. The van der Waals surface area contributed by atoms with Crippen molar-refractivity contribution in [1.82, 2.24) is 5.32 Å². The van der Waals surface area contributed by atoms with Crippen LogP contribution in [-0.4, -0.2) is 23.5 Å². The van der Waals surface area contributed by atoms with Gasteiger partial charge in [-0.05, 0) is 24.6 Å². The predicted octanol–water partition coefficient (Wildman–Crippen LogP) is 2.82. The van der Waals surface area contributed by atoms with Crippen LogP contribution in [0.2, 0.25) is 5.02 Å². The Hall–Kier alpha value is -1.36. The number of amides is 1. The third-order valence-corrected chi connectivity index (χ3v) is 3.17. The van der Waals surface area contributed by atoms with Crippen molar-refractivity contribution in [1.29, 1.82) is 0 Å². The number of halogens is 3. The molecule has 1 aliphatic rings. The fourth-order valence-electron chi connectivity index (χ4n) is 1.73. The first kappa shape index (κ1) is 13.1. The molecule has 2 rings (SSSR count). The van der Waals surface area contributed by atoms with E-state index in [1.54, 1.807) is 0 Å². The second kappa shape index (κ2) is 4.72. The molecule has 1 saturated carbocycles. The number of carbonyl (C=O) groups excluding carboxylic acids is 1. The molecule has 0 aliphatic heterocycles. The van der Waals surface area contributed by atoms with E-state index in [1.807, 2.05) is 0 Å². The van der Waals surface area contributed by atoms with E-state index in [9.17, 15) is 18.7 Å². The molecule has 1 aliphatic carbocycles. The summed E-state index contributed by atoms with van der Waals surface area (Å²) in [7, 11) is 0. The van der Waals surface area contributed by atoms with E-state index in [0.29, 0.717) is 5.02 Å². The van der Waals surface area contributed by atoms with E-state index in [0.717, 1.165) is 0 Å². The number of phenols is 1. The summed E-state index contributed by atoms with van der Waals surface area (Å²) in [5.41, 5.74) is 0.0463. The summed E-state index contributed by atoms with van der Waals surface area (Å²) in [6, 6.07) is 4.10. The zero-order valence-electron chi connectivity index (χ0n) is 9.42. The largest absolute Gasteiger partial charge is 0.507 e. The van der Waals surface area contributed by atoms with E-state index < -0.39 is 17.7 Å². The molecule has 1 amide bonds. The van der Waals surface area contributed by atoms with Crippen molar-refractivity contribution in [3.8, 4) is 5.75 Å². The van der Waals surface area contributed by atoms with Crippen molar-refractivity contribution < 1.29 is 18.7 Å². The Morgan fingerprint density at radius 2 is 2.22 bits per heavy atom. The fraction of sp³-hybridized carbons (Fsp3) is 0.417. The van der Waals surface area contributed by atoms with Gasteiger partial charge in [0.25, 0.3) is 11.8 Å². The molecule has 0 saturated heterocycles. The van der Waals surface area contributed by atoms with Gasteiger partial charge in [-0.1, -0.05) is 11.6 Å². The molecule has 1 atom stereocenters. The number of nitrogens with one attached hydrogen (secondary N) is 1. The van der Waals surface area contributed by atoms with E-state index in [1.165, 1.54) is 18.2 Å². The highest BCUT2D eigenvalue weighted by Crippen LogP contribution is 2.50. The van der Waals surface area contributed by atoms with E-state index in [2.05, 4.69) is 5.32 Å². The minimum atomic E-state index is -2.57. The van der Waals surface area contributed by atoms with Gasteiger partial charge in [0, 0.05) is 23.9 Å². The monoisotopic (exact) mass is 275 g/mol. The van der Waals surface area contributed by atoms with Crippen LogP contribution in [0, 0.1) is 5.92 Å². The number of aromatic hydroxyl groups is 1. The van der Waals surface area contributed by atoms with Gasteiger partial charge in [0.05, 0.1) is 5.56 Å². The molecule has 1 unspecified atom stereocenters. The molecule has 98 valence electrons. The Labute approximate surface area is 108 Å². The molecular formula is C12H12ClF2NO2. The lowest BCUT2D eigenvalue weighted by Crippen LogP contribution is -2.25. The normalized spacial score (nSPS) is 20.5. The number of alkyl halides is 2. The summed E-state index contributed by atoms with van der Waals surface area (Å²) < 4.78 is 25.2. The average molecular weight is 276 g/mol. The Morgan fingerprint density at radius 1 is 1.56 bits per heavy atom. The van der Waals surface area contributed by atoms with Crippen LogP contribution in [0.3, 0.4) is 0 Å². The molecule has 0 aromatic heterocycles. The standard InChI is InChI=1S/C12H12ClF2NO2/c13-8-1-2-10(17)9(5-8)11(18)16-4-3-7-6-12(7,14)15/h1-2,5,7,17H,3-4,6H2,(H,16,18). The van der Waals surface area contributed by atoms with Crippen molar-refractivity contribution in [2.75, 3.05) is 6.54 Å². The predicted molar refractivity (Wildman–Crippen MR) is 63.1 cm³/mol. The highest BCUT2D eigenvalue weighted by molar-refractivity contribution is 6.31. The van der Waals surface area contributed by atoms with Crippen LogP contribution in [-0.2, 0) is 0 Å². The van der Waals surface area contributed by atoms with Gasteiger partial charge in [0.15, 0.2) is 0 Å². The second-order valence-electron chi connectivity index (χ2n) is 4.37. The van der Waals surface area contributed by atoms with Crippen LogP contribution in [0.5, 0.6) is 5.75 Å². The van der Waals surface area contributed by atoms with Gasteiger partial charge in [0.1, 0.15) is 5.75 Å². The van der Waals surface area contributed by atoms with Gasteiger partial charge in [-0.15, -0.1) is 0 Å². The van der Waals surface area contributed by atoms with E-state index >= 15 is 0 Å². The molecule has 0 spiro atoms. The van der Waals surface area contributed by atoms with Crippen molar-refractivity contribution in [2.24, 2.45) is 5.92 Å². The number of carbonyl (C=O) groups is 1. The van der Waals surface area contributed by atoms with Crippen LogP contribution in [0.15, 0.2) is 18.2 Å². The minimum Gasteiger partial charge on any atom is -0.507 e. The lowest BCUT2D eigenvalue weighted by molar-refractivity contribution is 0.0908. The van der Waals surface area contributed by atoms with Crippen LogP contribution < -0.4 is 5.32 Å². The van der Waals surface area contributed by atoms with Crippen molar-refractivity contribution in [2.45, 2.75) is 18.8 Å². The molecule has 0 bridgehead atoms. The summed E-state index contributed by atoms with van der Waals surface area (Å²) in [5.74, 6) is -3.90. The third kappa shape index (κ3) is 2.90. The van der Waals surface area contributed by atoms with Crippen LogP contribution in [0.4, 0.5) is 8.78 Å². The van der Waals surface area contributed by atoms with Gasteiger partial charge in [0.2, 0.25) is 0 Å². The summed E-state index contributed by atoms with van der Waals surface area (Å²) in [5, 5.41) is 12.3. The summed E-state index contributed by atoms with van der Waals surface area (Å²) >= 11 is 5.70. The molecule has 1 fully saturated rings. The first-order chi connectivity index (χ1) is 8.40. The maximum atomic E-state index is 12.6. The molecule has 6 heteroatoms. The second-order valence-corrected chi connectivity index (χ2v) is 4.80. The molecule has 2 N–H and O–H groups in total. The smallest absolute Gasteiger partial charge is 0.255 e. The SMILES string of the molecule is O=C(NCCC1CC1(F)F)c1cc(Cl)ccc1O. The van der Waals surface area contributed by atoms with Crippen molar-refractivity contribution >= 4 is 17.5 Å². The van der Waals surface area contributed by atoms with Gasteiger partial charge in [-0.3, -0.25) is 4.79 Å². The lowest BCUT2D eigenvalue weighted by Gasteiger charge is -2.06. The molecule has 1 aromatic rings. The zero-order chi connectivity index (χ0) is 13.3. The number of rotatable bonds is 4. The zero-order valence-corrected chi connectivity index (χ0v) is 10.2. The average Bonchev–Trinajstić information content (AvgIpc) is 2.90. The molecule has 0 radical (unpaired) electrons. The summed E-state index contributed by atoms with van der Waals surface area (Å²) in [6.45, 7) is 0.158. The first-order valence-corrected chi connectivity index (χ1v) is 5.92. The number of hydrogen-bond acceptors (Lipinski definition) is 2. The topological polar surface area (TPSA) is 49.3 Å². The van der Waals surface area contributed by atoms with Crippen molar-refractivity contribution in [3.63, 3.8) is 0 Å². The highest BCUT2D eigenvalue weighted by Gasteiger charge is 2.55. The van der Waals surface area contributed by atoms with Gasteiger partial charge < -0.3 is 10.4 Å². The van der Waals surface area contributed by atoms with Gasteiger partial charge in [-0.2, -0.15) is 0 Å². The summed E-state index contributed by atoms with van der Waals surface area (Å²) in [4.78, 5) is 11.7. The summed E-state index contributed by atoms with van der Waals surface area (Å²) in [6.07, 6.45) is 0.130. The lowest BCUT2D eigenvalue weighted by atomic mass is 10.2. The first-order valence-electron chi connectivity index (χ1n) is 5.54.